The lowest BCUT2D eigenvalue weighted by molar-refractivity contribution is -0.116. The van der Waals surface area contributed by atoms with E-state index >= 15 is 0 Å². The van der Waals surface area contributed by atoms with E-state index in [0.29, 0.717) is 47.9 Å². The minimum atomic E-state index is -0.208. The number of aryl methyl sites for hydroxylation is 1. The third-order valence-corrected chi connectivity index (χ3v) is 5.80. The van der Waals surface area contributed by atoms with Crippen LogP contribution >= 0.6 is 11.3 Å². The lowest BCUT2D eigenvalue weighted by Crippen LogP contribution is -2.36. The summed E-state index contributed by atoms with van der Waals surface area (Å²) in [4.78, 5) is 41.3. The first-order chi connectivity index (χ1) is 12.5. The van der Waals surface area contributed by atoms with Gasteiger partial charge in [-0.25, -0.2) is 0 Å². The number of nitrogens with zero attached hydrogens (tertiary/aromatic N) is 3. The highest BCUT2D eigenvalue weighted by Gasteiger charge is 2.34. The zero-order valence-corrected chi connectivity index (χ0v) is 15.3. The average Bonchev–Trinajstić information content (AvgIpc) is 3.21. The van der Waals surface area contributed by atoms with Crippen molar-refractivity contribution in [3.8, 4) is 0 Å². The maximum Gasteiger partial charge on any atom is 0.276 e. The summed E-state index contributed by atoms with van der Waals surface area (Å²) in [7, 11) is 1.62. The van der Waals surface area contributed by atoms with Crippen molar-refractivity contribution >= 4 is 34.1 Å². The number of carbonyl (C=O) groups is 3. The Labute approximate surface area is 153 Å². The maximum absolute atomic E-state index is 12.7. The molecule has 3 amide bonds. The predicted octanol–water partition coefficient (Wildman–Crippen LogP) is 1.52. The standard InChI is InChI=1S/C17H18N4O4S/c1-3-9-6-11(19-25-9)16(23)21-5-4-10-12(7-21)26-15-14(10)17(24)20(2)8-13(22)18-15/h6H,3-5,7-8H2,1-2H3,(H,18,22). The van der Waals surface area contributed by atoms with Gasteiger partial charge in [0.25, 0.3) is 11.8 Å². The Hall–Kier alpha value is -2.68. The fraction of sp³-hybridized carbons (Fsp3) is 0.412. The van der Waals surface area contributed by atoms with Gasteiger partial charge >= 0.3 is 0 Å². The van der Waals surface area contributed by atoms with Crippen LogP contribution in [0.4, 0.5) is 5.00 Å². The molecule has 9 heteroatoms. The highest BCUT2D eigenvalue weighted by Crippen LogP contribution is 2.39. The van der Waals surface area contributed by atoms with Crippen molar-refractivity contribution in [1.29, 1.82) is 0 Å². The summed E-state index contributed by atoms with van der Waals surface area (Å²) in [6, 6.07) is 1.67. The first kappa shape index (κ1) is 16.8. The van der Waals surface area contributed by atoms with Gasteiger partial charge in [-0.05, 0) is 12.0 Å². The van der Waals surface area contributed by atoms with E-state index in [4.69, 9.17) is 4.52 Å². The Morgan fingerprint density at radius 1 is 1.38 bits per heavy atom. The predicted molar refractivity (Wildman–Crippen MR) is 94.2 cm³/mol. The second-order valence-electron chi connectivity index (χ2n) is 6.43. The molecular weight excluding hydrogens is 356 g/mol. The highest BCUT2D eigenvalue weighted by molar-refractivity contribution is 7.17. The van der Waals surface area contributed by atoms with Gasteiger partial charge in [0.1, 0.15) is 10.8 Å². The van der Waals surface area contributed by atoms with E-state index in [1.165, 1.54) is 16.2 Å². The van der Waals surface area contributed by atoms with Gasteiger partial charge < -0.3 is 19.6 Å². The monoisotopic (exact) mass is 374 g/mol. The number of hydrogen-bond donors (Lipinski definition) is 1. The van der Waals surface area contributed by atoms with E-state index in [-0.39, 0.29) is 24.3 Å². The largest absolute Gasteiger partial charge is 0.361 e. The van der Waals surface area contributed by atoms with Gasteiger partial charge in [-0.3, -0.25) is 14.4 Å². The van der Waals surface area contributed by atoms with Crippen LogP contribution in [0.3, 0.4) is 0 Å². The molecule has 0 aliphatic carbocycles. The van der Waals surface area contributed by atoms with Gasteiger partial charge in [0, 0.05) is 31.0 Å². The summed E-state index contributed by atoms with van der Waals surface area (Å²) in [5.41, 5.74) is 1.80. The number of likely N-dealkylation sites (N-methyl/N-ethyl adjacent to an activating group) is 1. The summed E-state index contributed by atoms with van der Waals surface area (Å²) in [6.45, 7) is 2.87. The molecule has 0 unspecified atom stereocenters. The van der Waals surface area contributed by atoms with E-state index in [1.54, 1.807) is 18.0 Å². The molecule has 1 N–H and O–H groups in total. The second kappa shape index (κ2) is 6.24. The lowest BCUT2D eigenvalue weighted by Gasteiger charge is -2.26. The molecule has 0 radical (unpaired) electrons. The van der Waals surface area contributed by atoms with E-state index < -0.39 is 0 Å². The molecule has 4 rings (SSSR count). The number of thiophene rings is 1. The number of aromatic nitrogens is 1. The minimum absolute atomic E-state index is 0.0472. The van der Waals surface area contributed by atoms with Crippen molar-refractivity contribution in [2.45, 2.75) is 26.3 Å². The van der Waals surface area contributed by atoms with Crippen LogP contribution in [-0.2, 0) is 24.2 Å². The molecular formula is C17H18N4O4S. The highest BCUT2D eigenvalue weighted by atomic mass is 32.1. The number of fused-ring (bicyclic) bond motifs is 3. The molecule has 0 saturated heterocycles. The summed E-state index contributed by atoms with van der Waals surface area (Å²) in [5, 5.41) is 7.24. The van der Waals surface area contributed by atoms with E-state index in [1.807, 2.05) is 6.92 Å². The van der Waals surface area contributed by atoms with Gasteiger partial charge in [-0.1, -0.05) is 12.1 Å². The van der Waals surface area contributed by atoms with Gasteiger partial charge in [0.05, 0.1) is 18.7 Å². The van der Waals surface area contributed by atoms with Crippen LogP contribution < -0.4 is 5.32 Å². The quantitative estimate of drug-likeness (QED) is 0.860. The average molecular weight is 374 g/mol. The van der Waals surface area contributed by atoms with Gasteiger partial charge in [0.2, 0.25) is 5.91 Å². The molecule has 2 aliphatic heterocycles. The Morgan fingerprint density at radius 3 is 2.92 bits per heavy atom. The summed E-state index contributed by atoms with van der Waals surface area (Å²) in [5.74, 6) is 0.126. The Morgan fingerprint density at radius 2 is 2.19 bits per heavy atom. The van der Waals surface area contributed by atoms with Crippen molar-refractivity contribution in [1.82, 2.24) is 15.0 Å². The molecule has 0 fully saturated rings. The molecule has 0 saturated carbocycles. The summed E-state index contributed by atoms with van der Waals surface area (Å²) in [6.07, 6.45) is 1.25. The Bertz CT molecular complexity index is 916. The van der Waals surface area contributed by atoms with Crippen molar-refractivity contribution in [2.24, 2.45) is 0 Å². The van der Waals surface area contributed by atoms with Crippen molar-refractivity contribution in [3.63, 3.8) is 0 Å². The fourth-order valence-electron chi connectivity index (χ4n) is 3.28. The first-order valence-corrected chi connectivity index (χ1v) is 9.24. The smallest absolute Gasteiger partial charge is 0.276 e. The van der Waals surface area contributed by atoms with Gasteiger partial charge in [-0.2, -0.15) is 0 Å². The molecule has 0 aromatic carbocycles. The molecule has 136 valence electrons. The number of rotatable bonds is 2. The second-order valence-corrected chi connectivity index (χ2v) is 7.53. The molecule has 2 aromatic heterocycles. The zero-order valence-electron chi connectivity index (χ0n) is 14.5. The fourth-order valence-corrected chi connectivity index (χ4v) is 4.55. The van der Waals surface area contributed by atoms with Crippen LogP contribution in [-0.4, -0.2) is 52.8 Å². The van der Waals surface area contributed by atoms with Crippen molar-refractivity contribution < 1.29 is 18.9 Å². The van der Waals surface area contributed by atoms with Crippen LogP contribution in [0.5, 0.6) is 0 Å². The van der Waals surface area contributed by atoms with E-state index in [0.717, 1.165) is 10.4 Å². The van der Waals surface area contributed by atoms with Crippen molar-refractivity contribution in [2.75, 3.05) is 25.5 Å². The number of hydrogen-bond acceptors (Lipinski definition) is 6. The Kier molecular flexibility index (Phi) is 4.03. The van der Waals surface area contributed by atoms with E-state index in [2.05, 4.69) is 10.5 Å². The Balaban J connectivity index is 1.62. The summed E-state index contributed by atoms with van der Waals surface area (Å²) >= 11 is 1.37. The molecule has 26 heavy (non-hydrogen) atoms. The first-order valence-electron chi connectivity index (χ1n) is 8.42. The number of amides is 3. The minimum Gasteiger partial charge on any atom is -0.361 e. The molecule has 4 heterocycles. The van der Waals surface area contributed by atoms with Crippen LogP contribution in [0.1, 0.15) is 44.0 Å². The third-order valence-electron chi connectivity index (χ3n) is 4.66. The normalized spacial score (nSPS) is 16.8. The van der Waals surface area contributed by atoms with Crippen LogP contribution in [0.25, 0.3) is 0 Å². The SMILES string of the molecule is CCc1cc(C(=O)N2CCc3c(sc4c3C(=O)N(C)CC(=O)N4)C2)no1. The molecule has 2 aliphatic rings. The molecule has 8 nitrogen and oxygen atoms in total. The molecule has 0 bridgehead atoms. The topological polar surface area (TPSA) is 95.8 Å². The van der Waals surface area contributed by atoms with Gasteiger partial charge in [-0.15, -0.1) is 11.3 Å². The van der Waals surface area contributed by atoms with Crippen LogP contribution in [0.15, 0.2) is 10.6 Å². The van der Waals surface area contributed by atoms with Crippen LogP contribution in [0.2, 0.25) is 0 Å². The lowest BCUT2D eigenvalue weighted by atomic mass is 10.0. The molecule has 0 spiro atoms. The van der Waals surface area contributed by atoms with Gasteiger partial charge in [0.15, 0.2) is 5.69 Å². The van der Waals surface area contributed by atoms with Crippen LogP contribution in [0, 0.1) is 0 Å². The summed E-state index contributed by atoms with van der Waals surface area (Å²) < 4.78 is 5.12. The molecule has 2 aromatic rings. The zero-order chi connectivity index (χ0) is 18.4. The third kappa shape index (κ3) is 2.68. The maximum atomic E-state index is 12.7. The van der Waals surface area contributed by atoms with Crippen molar-refractivity contribution in [3.05, 3.63) is 33.5 Å². The number of nitrogens with one attached hydrogen (secondary N) is 1. The molecule has 0 atom stereocenters. The number of carbonyl (C=O) groups excluding carboxylic acids is 3. The van der Waals surface area contributed by atoms with E-state index in [9.17, 15) is 14.4 Å². The number of anilines is 1.